The SMILES string of the molecule is O=C(N[C@@H]1CCC[C@H]1O)N[C@@](Cc1ccccc1)(c1cc(F)cc(OC(F)(F)C(F)F)c1)c1ccc(Cl)cn1. The van der Waals surface area contributed by atoms with Gasteiger partial charge in [-0.3, -0.25) is 4.98 Å². The van der Waals surface area contributed by atoms with Gasteiger partial charge < -0.3 is 20.5 Å². The van der Waals surface area contributed by atoms with Crippen molar-refractivity contribution >= 4 is 17.6 Å². The van der Waals surface area contributed by atoms with E-state index >= 15 is 0 Å². The van der Waals surface area contributed by atoms with Crippen LogP contribution in [-0.2, 0) is 12.0 Å². The van der Waals surface area contributed by atoms with Gasteiger partial charge in [-0.1, -0.05) is 41.9 Å². The molecule has 1 aromatic heterocycles. The van der Waals surface area contributed by atoms with Gasteiger partial charge in [0, 0.05) is 18.7 Å². The van der Waals surface area contributed by atoms with Crippen LogP contribution in [0.3, 0.4) is 0 Å². The van der Waals surface area contributed by atoms with Gasteiger partial charge >= 0.3 is 18.6 Å². The van der Waals surface area contributed by atoms with Crippen LogP contribution in [-0.4, -0.2) is 40.8 Å². The van der Waals surface area contributed by atoms with Gasteiger partial charge in [0.05, 0.1) is 22.9 Å². The average Bonchev–Trinajstić information content (AvgIpc) is 3.27. The zero-order valence-corrected chi connectivity index (χ0v) is 21.1. The molecule has 0 spiro atoms. The lowest BCUT2D eigenvalue weighted by atomic mass is 9.80. The molecule has 2 amide bonds. The fraction of sp³-hybridized carbons (Fsp3) is 0.333. The van der Waals surface area contributed by atoms with Crippen LogP contribution >= 0.6 is 11.6 Å². The maximum Gasteiger partial charge on any atom is 0.461 e. The molecule has 1 fully saturated rings. The Balaban J connectivity index is 1.86. The van der Waals surface area contributed by atoms with Crippen LogP contribution in [0.15, 0.2) is 66.9 Å². The molecule has 0 aliphatic heterocycles. The van der Waals surface area contributed by atoms with E-state index in [2.05, 4.69) is 20.4 Å². The number of aliphatic hydroxyl groups excluding tert-OH is 1. The van der Waals surface area contributed by atoms with E-state index in [1.807, 2.05) is 0 Å². The van der Waals surface area contributed by atoms with Crippen LogP contribution in [0.25, 0.3) is 0 Å². The number of pyridine rings is 1. The second-order valence-electron chi connectivity index (χ2n) is 9.27. The molecule has 0 unspecified atom stereocenters. The summed E-state index contributed by atoms with van der Waals surface area (Å²) < 4.78 is 72.2. The standard InChI is InChI=1S/C27H25ClF5N3O3/c28-18-9-10-23(34-15-18)26(14-16-5-2-1-3-6-16,36-25(38)35-21-7-4-8-22(21)37)17-11-19(29)13-20(12-17)39-27(32,33)24(30)31/h1-3,5-6,9-13,15,21-22,24,37H,4,7-8,14H2,(H2,35,36,38)/t21-,22-,26+/m1/s1. The highest BCUT2D eigenvalue weighted by Gasteiger charge is 2.45. The van der Waals surface area contributed by atoms with E-state index in [0.29, 0.717) is 30.9 Å². The van der Waals surface area contributed by atoms with E-state index in [1.165, 1.54) is 18.3 Å². The number of benzene rings is 2. The Kier molecular flexibility index (Phi) is 8.60. The third-order valence-electron chi connectivity index (χ3n) is 6.47. The molecule has 2 aromatic carbocycles. The maximum atomic E-state index is 14.9. The number of nitrogens with zero attached hydrogens (tertiary/aromatic N) is 1. The first-order valence-electron chi connectivity index (χ1n) is 12.1. The Morgan fingerprint density at radius 3 is 2.49 bits per heavy atom. The second kappa shape index (κ2) is 11.7. The topological polar surface area (TPSA) is 83.5 Å². The van der Waals surface area contributed by atoms with Gasteiger partial charge in [0.2, 0.25) is 0 Å². The predicted molar refractivity (Wildman–Crippen MR) is 133 cm³/mol. The third-order valence-corrected chi connectivity index (χ3v) is 6.70. The fourth-order valence-electron chi connectivity index (χ4n) is 4.63. The van der Waals surface area contributed by atoms with Crippen molar-refractivity contribution in [3.8, 4) is 5.75 Å². The molecule has 0 radical (unpaired) electrons. The molecule has 3 atom stereocenters. The van der Waals surface area contributed by atoms with Crippen LogP contribution < -0.4 is 15.4 Å². The molecule has 0 saturated heterocycles. The van der Waals surface area contributed by atoms with Gasteiger partial charge in [-0.05, 0) is 54.7 Å². The Morgan fingerprint density at radius 1 is 1.13 bits per heavy atom. The van der Waals surface area contributed by atoms with Gasteiger partial charge in [-0.2, -0.15) is 17.6 Å². The van der Waals surface area contributed by atoms with Gasteiger partial charge in [-0.15, -0.1) is 0 Å². The summed E-state index contributed by atoms with van der Waals surface area (Å²) in [5, 5.41) is 15.9. The molecule has 39 heavy (non-hydrogen) atoms. The number of alkyl halides is 4. The Morgan fingerprint density at radius 2 is 1.87 bits per heavy atom. The second-order valence-corrected chi connectivity index (χ2v) is 9.71. The number of ether oxygens (including phenoxy) is 1. The third kappa shape index (κ3) is 6.77. The summed E-state index contributed by atoms with van der Waals surface area (Å²) in [7, 11) is 0. The normalized spacial score (nSPS) is 19.0. The van der Waals surface area contributed by atoms with E-state index in [4.69, 9.17) is 11.6 Å². The molecule has 1 saturated carbocycles. The van der Waals surface area contributed by atoms with Crippen molar-refractivity contribution < 1.29 is 36.6 Å². The smallest absolute Gasteiger partial charge is 0.428 e. The van der Waals surface area contributed by atoms with Crippen molar-refractivity contribution in [1.29, 1.82) is 0 Å². The van der Waals surface area contributed by atoms with Gasteiger partial charge in [0.25, 0.3) is 0 Å². The van der Waals surface area contributed by atoms with E-state index in [1.54, 1.807) is 30.3 Å². The summed E-state index contributed by atoms with van der Waals surface area (Å²) in [4.78, 5) is 17.7. The highest BCUT2D eigenvalue weighted by Crippen LogP contribution is 2.37. The van der Waals surface area contributed by atoms with Gasteiger partial charge in [0.1, 0.15) is 17.1 Å². The maximum absolute atomic E-state index is 14.9. The lowest BCUT2D eigenvalue weighted by Crippen LogP contribution is -2.55. The average molecular weight is 570 g/mol. The molecule has 1 heterocycles. The minimum atomic E-state index is -4.89. The van der Waals surface area contributed by atoms with E-state index < -0.39 is 47.8 Å². The number of urea groups is 1. The number of halogens is 6. The zero-order valence-electron chi connectivity index (χ0n) is 20.4. The minimum Gasteiger partial charge on any atom is -0.428 e. The monoisotopic (exact) mass is 569 g/mol. The number of aromatic nitrogens is 1. The van der Waals surface area contributed by atoms with E-state index in [0.717, 1.165) is 12.1 Å². The van der Waals surface area contributed by atoms with Crippen molar-refractivity contribution in [2.45, 2.75) is 55.9 Å². The minimum absolute atomic E-state index is 0.0583. The summed E-state index contributed by atoms with van der Waals surface area (Å²) >= 11 is 6.03. The van der Waals surface area contributed by atoms with Crippen molar-refractivity contribution in [3.05, 3.63) is 94.5 Å². The molecular formula is C27H25ClF5N3O3. The van der Waals surface area contributed by atoms with Crippen molar-refractivity contribution in [2.24, 2.45) is 0 Å². The molecule has 208 valence electrons. The number of carbonyl (C=O) groups excluding carboxylic acids is 1. The summed E-state index contributed by atoms with van der Waals surface area (Å²) in [6, 6.07) is 12.8. The first-order chi connectivity index (χ1) is 18.5. The summed E-state index contributed by atoms with van der Waals surface area (Å²) in [5.41, 5.74) is -1.04. The molecule has 0 bridgehead atoms. The number of rotatable bonds is 9. The molecule has 3 aromatic rings. The molecular weight excluding hydrogens is 545 g/mol. The molecule has 3 N–H and O–H groups in total. The Bertz CT molecular complexity index is 1280. The van der Waals surface area contributed by atoms with Crippen LogP contribution in [0.2, 0.25) is 5.02 Å². The van der Waals surface area contributed by atoms with Crippen LogP contribution in [0.1, 0.15) is 36.1 Å². The van der Waals surface area contributed by atoms with Crippen LogP contribution in [0.4, 0.5) is 26.7 Å². The summed E-state index contributed by atoms with van der Waals surface area (Å²) in [5.74, 6) is -1.96. The van der Waals surface area contributed by atoms with Gasteiger partial charge in [-0.25, -0.2) is 9.18 Å². The first-order valence-corrected chi connectivity index (χ1v) is 12.4. The quantitative estimate of drug-likeness (QED) is 0.284. The predicted octanol–water partition coefficient (Wildman–Crippen LogP) is 5.81. The molecule has 4 rings (SSSR count). The number of hydrogen-bond acceptors (Lipinski definition) is 4. The highest BCUT2D eigenvalue weighted by atomic mass is 35.5. The summed E-state index contributed by atoms with van der Waals surface area (Å²) in [6.45, 7) is 0. The van der Waals surface area contributed by atoms with Crippen LogP contribution in [0.5, 0.6) is 5.75 Å². The number of hydrogen-bond donors (Lipinski definition) is 3. The molecule has 1 aliphatic rings. The number of nitrogens with one attached hydrogen (secondary N) is 2. The Hall–Kier alpha value is -3.44. The number of carbonyl (C=O) groups is 1. The van der Waals surface area contributed by atoms with Crippen LogP contribution in [0, 0.1) is 5.82 Å². The fourth-order valence-corrected chi connectivity index (χ4v) is 4.74. The lowest BCUT2D eigenvalue weighted by molar-refractivity contribution is -0.253. The van der Waals surface area contributed by atoms with E-state index in [9.17, 15) is 31.9 Å². The zero-order chi connectivity index (χ0) is 28.2. The highest BCUT2D eigenvalue weighted by molar-refractivity contribution is 6.30. The first kappa shape index (κ1) is 28.6. The van der Waals surface area contributed by atoms with E-state index in [-0.39, 0.29) is 22.7 Å². The summed E-state index contributed by atoms with van der Waals surface area (Å²) in [6.07, 6.45) is -6.87. The number of aliphatic hydroxyl groups is 1. The molecule has 1 aliphatic carbocycles. The largest absolute Gasteiger partial charge is 0.461 e. The van der Waals surface area contributed by atoms with Gasteiger partial charge in [0.15, 0.2) is 0 Å². The number of amides is 2. The lowest BCUT2D eigenvalue weighted by Gasteiger charge is -2.36. The van der Waals surface area contributed by atoms with Crippen molar-refractivity contribution in [3.63, 3.8) is 0 Å². The molecule has 6 nitrogen and oxygen atoms in total. The van der Waals surface area contributed by atoms with Crippen molar-refractivity contribution in [1.82, 2.24) is 15.6 Å². The molecule has 12 heteroatoms. The van der Waals surface area contributed by atoms with Crippen molar-refractivity contribution in [2.75, 3.05) is 0 Å². The Labute approximate surface area is 226 Å².